The Balaban J connectivity index is 1.63. The third kappa shape index (κ3) is 5.08. The second-order valence-electron chi connectivity index (χ2n) is 8.52. The predicted molar refractivity (Wildman–Crippen MR) is 148 cm³/mol. The van der Waals surface area contributed by atoms with E-state index in [1.807, 2.05) is 54.6 Å². The Morgan fingerprint density at radius 2 is 1.78 bits per heavy atom. The third-order valence-electron chi connectivity index (χ3n) is 6.23. The highest BCUT2D eigenvalue weighted by molar-refractivity contribution is 6.32. The minimum absolute atomic E-state index is 0.000273. The molecule has 0 spiro atoms. The molecule has 37 heavy (non-hydrogen) atoms. The Kier molecular flexibility index (Phi) is 7.22. The molecule has 5 aromatic rings. The fourth-order valence-electron chi connectivity index (χ4n) is 4.42. The summed E-state index contributed by atoms with van der Waals surface area (Å²) < 4.78 is 0. The molecule has 184 valence electrons. The summed E-state index contributed by atoms with van der Waals surface area (Å²) in [5, 5.41) is 29.8. The smallest absolute Gasteiger partial charge is 0.109 e. The lowest BCUT2D eigenvalue weighted by molar-refractivity contribution is 0.750. The molecule has 0 saturated heterocycles. The van der Waals surface area contributed by atoms with Crippen molar-refractivity contribution in [3.63, 3.8) is 0 Å². The van der Waals surface area contributed by atoms with Gasteiger partial charge >= 0.3 is 0 Å². The number of anilines is 2. The molecule has 2 atom stereocenters. The van der Waals surface area contributed by atoms with E-state index in [-0.39, 0.29) is 6.04 Å². The maximum Gasteiger partial charge on any atom is 0.109 e. The maximum atomic E-state index is 9.91. The molecule has 3 aromatic carbocycles. The number of aromatic amines is 1. The lowest BCUT2D eigenvalue weighted by Gasteiger charge is -2.23. The number of pyridine rings is 1. The van der Waals surface area contributed by atoms with Gasteiger partial charge in [-0.2, -0.15) is 20.7 Å². The lowest BCUT2D eigenvalue weighted by atomic mass is 10.0. The van der Waals surface area contributed by atoms with Gasteiger partial charge in [0.15, 0.2) is 0 Å². The van der Waals surface area contributed by atoms with E-state index in [1.165, 1.54) is 0 Å². The highest BCUT2D eigenvalue weighted by Gasteiger charge is 2.23. The summed E-state index contributed by atoms with van der Waals surface area (Å²) in [6, 6.07) is 23.2. The number of hydrogen-bond donors (Lipinski definition) is 3. The van der Waals surface area contributed by atoms with E-state index >= 15 is 0 Å². The Labute approximate surface area is 224 Å². The molecule has 0 aliphatic rings. The second-order valence-corrected chi connectivity index (χ2v) is 9.36. The molecule has 2 aromatic heterocycles. The topological polar surface area (TPSA) is 102 Å². The summed E-state index contributed by atoms with van der Waals surface area (Å²) in [7, 11) is 0. The zero-order chi connectivity index (χ0) is 25.8. The van der Waals surface area contributed by atoms with E-state index in [2.05, 4.69) is 56.2 Å². The molecule has 7 nitrogen and oxygen atoms in total. The van der Waals surface area contributed by atoms with Crippen molar-refractivity contribution >= 4 is 45.5 Å². The Morgan fingerprint density at radius 3 is 2.49 bits per heavy atom. The Bertz CT molecular complexity index is 1560. The number of nitrogens with zero attached hydrogens (tertiary/aromatic N) is 4. The summed E-state index contributed by atoms with van der Waals surface area (Å²) >= 11 is 13.2. The summed E-state index contributed by atoms with van der Waals surface area (Å²) in [6.07, 6.45) is 4.06. The van der Waals surface area contributed by atoms with Crippen molar-refractivity contribution in [2.24, 2.45) is 0 Å². The number of aromatic nitrogens is 4. The molecule has 2 heterocycles. The molecule has 0 radical (unpaired) electrons. The van der Waals surface area contributed by atoms with Crippen molar-refractivity contribution in [2.75, 3.05) is 10.6 Å². The van der Waals surface area contributed by atoms with Crippen LogP contribution in [-0.4, -0.2) is 20.4 Å². The number of halogens is 2. The summed E-state index contributed by atoms with van der Waals surface area (Å²) in [5.41, 5.74) is 5.07. The van der Waals surface area contributed by atoms with Gasteiger partial charge in [0.25, 0.3) is 0 Å². The Hall–Kier alpha value is -4.12. The molecule has 0 aliphatic carbocycles. The van der Waals surface area contributed by atoms with Crippen LogP contribution >= 0.6 is 23.2 Å². The van der Waals surface area contributed by atoms with Crippen molar-refractivity contribution in [1.82, 2.24) is 20.4 Å². The molecule has 0 bridgehead atoms. The summed E-state index contributed by atoms with van der Waals surface area (Å²) in [4.78, 5) is 4.65. The van der Waals surface area contributed by atoms with Gasteiger partial charge in [0.05, 0.1) is 40.7 Å². The molecule has 0 saturated carbocycles. The van der Waals surface area contributed by atoms with E-state index in [4.69, 9.17) is 23.2 Å². The first kappa shape index (κ1) is 24.6. The lowest BCUT2D eigenvalue weighted by Crippen LogP contribution is -2.15. The van der Waals surface area contributed by atoms with Crippen LogP contribution in [0.3, 0.4) is 0 Å². The van der Waals surface area contributed by atoms with Crippen molar-refractivity contribution in [2.45, 2.75) is 25.4 Å². The van der Waals surface area contributed by atoms with E-state index in [1.54, 1.807) is 12.4 Å². The number of H-pyrrole nitrogens is 1. The van der Waals surface area contributed by atoms with Gasteiger partial charge in [-0.1, -0.05) is 78.7 Å². The summed E-state index contributed by atoms with van der Waals surface area (Å²) in [5.74, 6) is 0. The zero-order valence-electron chi connectivity index (χ0n) is 19.9. The van der Waals surface area contributed by atoms with Crippen LogP contribution < -0.4 is 10.6 Å². The first-order valence-electron chi connectivity index (χ1n) is 11.8. The van der Waals surface area contributed by atoms with Crippen LogP contribution in [0, 0.1) is 11.3 Å². The SMILES string of the molecule is CC[C@@H](Nc1c(C#N)cnc2c(N[C@@H](c3cn[nH]n3)c3ccccc3Cl)cc(Cl)cc12)c1ccccc1. The third-order valence-corrected chi connectivity index (χ3v) is 6.79. The molecule has 3 N–H and O–H groups in total. The van der Waals surface area contributed by atoms with Crippen molar-refractivity contribution < 1.29 is 0 Å². The van der Waals surface area contributed by atoms with Gasteiger partial charge in [-0.05, 0) is 35.7 Å². The van der Waals surface area contributed by atoms with Crippen LogP contribution in [-0.2, 0) is 0 Å². The van der Waals surface area contributed by atoms with E-state index in [9.17, 15) is 5.26 Å². The van der Waals surface area contributed by atoms with Crippen LogP contribution in [0.15, 0.2) is 79.1 Å². The van der Waals surface area contributed by atoms with E-state index < -0.39 is 6.04 Å². The number of benzene rings is 3. The number of fused-ring (bicyclic) bond motifs is 1. The number of hydrogen-bond acceptors (Lipinski definition) is 6. The van der Waals surface area contributed by atoms with Gasteiger partial charge in [0, 0.05) is 21.6 Å². The molecule has 0 unspecified atom stereocenters. The van der Waals surface area contributed by atoms with Gasteiger partial charge in [-0.3, -0.25) is 4.98 Å². The van der Waals surface area contributed by atoms with Gasteiger partial charge in [-0.15, -0.1) is 0 Å². The number of rotatable bonds is 8. The molecular formula is C28H23Cl2N7. The largest absolute Gasteiger partial charge is 0.377 e. The second kappa shape index (κ2) is 10.9. The van der Waals surface area contributed by atoms with Gasteiger partial charge in [0.2, 0.25) is 0 Å². The zero-order valence-corrected chi connectivity index (χ0v) is 21.4. The van der Waals surface area contributed by atoms with Crippen LogP contribution in [0.1, 0.15) is 47.8 Å². The van der Waals surface area contributed by atoms with Crippen LogP contribution in [0.2, 0.25) is 10.0 Å². The van der Waals surface area contributed by atoms with Crippen molar-refractivity contribution in [3.8, 4) is 6.07 Å². The molecule has 9 heteroatoms. The van der Waals surface area contributed by atoms with E-state index in [0.717, 1.165) is 22.9 Å². The first-order valence-corrected chi connectivity index (χ1v) is 12.5. The highest BCUT2D eigenvalue weighted by Crippen LogP contribution is 2.38. The van der Waals surface area contributed by atoms with Crippen LogP contribution in [0.4, 0.5) is 11.4 Å². The van der Waals surface area contributed by atoms with Crippen molar-refractivity contribution in [1.29, 1.82) is 5.26 Å². The summed E-state index contributed by atoms with van der Waals surface area (Å²) in [6.45, 7) is 2.10. The fourth-order valence-corrected chi connectivity index (χ4v) is 4.89. The molecular weight excluding hydrogens is 505 g/mol. The number of nitriles is 1. The van der Waals surface area contributed by atoms with Gasteiger partial charge in [0.1, 0.15) is 11.8 Å². The Morgan fingerprint density at radius 1 is 1.00 bits per heavy atom. The maximum absolute atomic E-state index is 9.91. The highest BCUT2D eigenvalue weighted by atomic mass is 35.5. The van der Waals surface area contributed by atoms with Gasteiger partial charge in [-0.25, -0.2) is 0 Å². The minimum atomic E-state index is -0.421. The predicted octanol–water partition coefficient (Wildman–Crippen LogP) is 7.30. The van der Waals surface area contributed by atoms with Crippen LogP contribution in [0.5, 0.6) is 0 Å². The van der Waals surface area contributed by atoms with Crippen LogP contribution in [0.25, 0.3) is 10.9 Å². The number of nitrogens with one attached hydrogen (secondary N) is 3. The minimum Gasteiger partial charge on any atom is -0.377 e. The molecule has 0 amide bonds. The molecule has 0 aliphatic heterocycles. The van der Waals surface area contributed by atoms with E-state index in [0.29, 0.717) is 38.2 Å². The molecule has 0 fully saturated rings. The first-order chi connectivity index (χ1) is 18.1. The molecule has 5 rings (SSSR count). The standard InChI is InChI=1S/C28H23Cl2N7/c1-2-23(17-8-4-3-5-9-17)34-26-18(14-31)15-32-27-21(26)12-19(29)13-24(27)35-28(25-16-33-37-36-25)20-10-6-7-11-22(20)30/h3-13,15-16,23,28,35H,2H2,1H3,(H,32,34)(H,33,36,37)/t23-,28-/m1/s1. The quantitative estimate of drug-likeness (QED) is 0.195. The average molecular weight is 528 g/mol. The monoisotopic (exact) mass is 527 g/mol. The fraction of sp³-hybridized carbons (Fsp3) is 0.143. The van der Waals surface area contributed by atoms with Crippen molar-refractivity contribution in [3.05, 3.63) is 112 Å². The average Bonchev–Trinajstić information content (AvgIpc) is 3.46. The normalized spacial score (nSPS) is 12.6. The van der Waals surface area contributed by atoms with Gasteiger partial charge < -0.3 is 10.6 Å².